The van der Waals surface area contributed by atoms with Crippen LogP contribution >= 0.6 is 27.5 Å². The molecule has 0 bridgehead atoms. The highest BCUT2D eigenvalue weighted by Crippen LogP contribution is 2.29. The molecule has 0 aliphatic heterocycles. The molecule has 0 spiro atoms. The average molecular weight is 540 g/mol. The Bertz CT molecular complexity index is 1260. The molecule has 3 rings (SSSR count). The topological polar surface area (TPSA) is 99.2 Å². The lowest BCUT2D eigenvalue weighted by Crippen LogP contribution is -2.40. The van der Waals surface area contributed by atoms with Gasteiger partial charge in [0, 0.05) is 25.2 Å². The fourth-order valence-electron chi connectivity index (χ4n) is 3.51. The Morgan fingerprint density at radius 3 is 2.58 bits per heavy atom. The smallest absolute Gasteiger partial charge is 0.332 e. The molecular formula is C23H28BrClN4O4. The van der Waals surface area contributed by atoms with Crippen molar-refractivity contribution in [3.8, 4) is 5.75 Å². The number of halogens is 2. The number of ether oxygens (including phenoxy) is 1. The molecule has 10 heteroatoms. The summed E-state index contributed by atoms with van der Waals surface area (Å²) in [6.07, 6.45) is 2.88. The van der Waals surface area contributed by atoms with Crippen molar-refractivity contribution < 1.29 is 9.84 Å². The Balaban J connectivity index is 2.09. The van der Waals surface area contributed by atoms with Gasteiger partial charge in [0.1, 0.15) is 18.1 Å². The molecule has 0 radical (unpaired) electrons. The van der Waals surface area contributed by atoms with Crippen molar-refractivity contribution in [1.29, 1.82) is 0 Å². The SMILES string of the molecule is CC(C)Cn1c(=O)n(C)c(=O)c2nc(CCCCCO)c(COc3ccc(Cl)cc3Br)nc21. The maximum Gasteiger partial charge on any atom is 0.332 e. The van der Waals surface area contributed by atoms with Crippen LogP contribution in [0.5, 0.6) is 5.75 Å². The lowest BCUT2D eigenvalue weighted by Gasteiger charge is -2.16. The van der Waals surface area contributed by atoms with Crippen molar-refractivity contribution >= 4 is 38.7 Å². The van der Waals surface area contributed by atoms with Crippen LogP contribution in [0.2, 0.25) is 5.02 Å². The molecule has 0 fully saturated rings. The third kappa shape index (κ3) is 6.02. The largest absolute Gasteiger partial charge is 0.486 e. The molecule has 0 saturated carbocycles. The Kier molecular flexibility index (Phi) is 8.67. The minimum Gasteiger partial charge on any atom is -0.486 e. The Hall–Kier alpha value is -2.23. The Labute approximate surface area is 205 Å². The van der Waals surface area contributed by atoms with Crippen LogP contribution in [0.15, 0.2) is 32.3 Å². The predicted molar refractivity (Wildman–Crippen MR) is 132 cm³/mol. The predicted octanol–water partition coefficient (Wildman–Crippen LogP) is 3.85. The lowest BCUT2D eigenvalue weighted by atomic mass is 10.1. The van der Waals surface area contributed by atoms with Gasteiger partial charge in [0.15, 0.2) is 11.2 Å². The van der Waals surface area contributed by atoms with Crippen LogP contribution in [0.3, 0.4) is 0 Å². The summed E-state index contributed by atoms with van der Waals surface area (Å²) in [4.78, 5) is 35.1. The van der Waals surface area contributed by atoms with E-state index in [1.54, 1.807) is 18.2 Å². The number of hydrogen-bond acceptors (Lipinski definition) is 6. The minimum absolute atomic E-state index is 0.115. The number of nitrogens with zero attached hydrogens (tertiary/aromatic N) is 4. The first-order valence-corrected chi connectivity index (χ1v) is 12.1. The summed E-state index contributed by atoms with van der Waals surface area (Å²) in [5, 5.41) is 9.65. The molecule has 33 heavy (non-hydrogen) atoms. The van der Waals surface area contributed by atoms with Gasteiger partial charge in [-0.05, 0) is 59.3 Å². The maximum absolute atomic E-state index is 12.8. The first-order valence-electron chi connectivity index (χ1n) is 10.9. The van der Waals surface area contributed by atoms with Crippen molar-refractivity contribution in [2.45, 2.75) is 52.7 Å². The normalized spacial score (nSPS) is 11.5. The van der Waals surface area contributed by atoms with Crippen molar-refractivity contribution in [3.63, 3.8) is 0 Å². The number of aliphatic hydroxyl groups excluding tert-OH is 1. The summed E-state index contributed by atoms with van der Waals surface area (Å²) in [6, 6.07) is 5.22. The van der Waals surface area contributed by atoms with Gasteiger partial charge in [-0.1, -0.05) is 31.9 Å². The van der Waals surface area contributed by atoms with Crippen LogP contribution in [0.4, 0.5) is 0 Å². The van der Waals surface area contributed by atoms with E-state index >= 15 is 0 Å². The van der Waals surface area contributed by atoms with Gasteiger partial charge in [0.2, 0.25) is 0 Å². The molecule has 0 aliphatic carbocycles. The monoisotopic (exact) mass is 538 g/mol. The molecule has 1 aromatic carbocycles. The molecule has 0 unspecified atom stereocenters. The zero-order chi connectivity index (χ0) is 24.1. The molecule has 2 aromatic heterocycles. The number of fused-ring (bicyclic) bond motifs is 1. The van der Waals surface area contributed by atoms with Crippen LogP contribution in [0.1, 0.15) is 44.5 Å². The van der Waals surface area contributed by atoms with Crippen LogP contribution in [-0.2, 0) is 26.6 Å². The number of aromatic nitrogens is 4. The molecule has 0 aliphatic rings. The first-order chi connectivity index (χ1) is 15.7. The molecule has 0 amide bonds. The van der Waals surface area contributed by atoms with Gasteiger partial charge in [-0.2, -0.15) is 0 Å². The van der Waals surface area contributed by atoms with Crippen molar-refractivity contribution in [2.24, 2.45) is 13.0 Å². The highest BCUT2D eigenvalue weighted by atomic mass is 79.9. The standard InChI is InChI=1S/C23H28BrClN4O4/c1-14(2)12-29-21-20(22(31)28(3)23(29)32)26-17(7-5-4-6-10-30)18(27-21)13-33-19-9-8-15(25)11-16(19)24/h8-9,11,14,30H,4-7,10,12-13H2,1-3H3. The second-order valence-electron chi connectivity index (χ2n) is 8.34. The van der Waals surface area contributed by atoms with Crippen LogP contribution < -0.4 is 16.0 Å². The third-order valence-corrected chi connectivity index (χ3v) is 6.05. The molecule has 2 heterocycles. The van der Waals surface area contributed by atoms with E-state index in [2.05, 4.69) is 20.9 Å². The molecule has 1 N–H and O–H groups in total. The average Bonchev–Trinajstić information content (AvgIpc) is 2.77. The van der Waals surface area contributed by atoms with Crippen molar-refractivity contribution in [1.82, 2.24) is 19.1 Å². The fourth-order valence-corrected chi connectivity index (χ4v) is 4.31. The molecule has 0 saturated heterocycles. The quantitative estimate of drug-likeness (QED) is 0.393. The molecule has 0 atom stereocenters. The Morgan fingerprint density at radius 1 is 1.15 bits per heavy atom. The zero-order valence-corrected chi connectivity index (χ0v) is 21.3. The molecule has 8 nitrogen and oxygen atoms in total. The van der Waals surface area contributed by atoms with Gasteiger partial charge in [0.25, 0.3) is 5.56 Å². The number of rotatable bonds is 10. The van der Waals surface area contributed by atoms with Gasteiger partial charge in [-0.15, -0.1) is 0 Å². The second-order valence-corrected chi connectivity index (χ2v) is 9.63. The number of benzene rings is 1. The summed E-state index contributed by atoms with van der Waals surface area (Å²) < 4.78 is 9.27. The van der Waals surface area contributed by atoms with Crippen molar-refractivity contribution in [3.05, 3.63) is 59.9 Å². The van der Waals surface area contributed by atoms with Gasteiger partial charge in [-0.25, -0.2) is 14.8 Å². The van der Waals surface area contributed by atoms with E-state index in [1.165, 1.54) is 11.6 Å². The highest BCUT2D eigenvalue weighted by molar-refractivity contribution is 9.10. The van der Waals surface area contributed by atoms with Gasteiger partial charge >= 0.3 is 5.69 Å². The number of unbranched alkanes of at least 4 members (excludes halogenated alkanes) is 2. The Morgan fingerprint density at radius 2 is 1.91 bits per heavy atom. The maximum atomic E-state index is 12.8. The lowest BCUT2D eigenvalue weighted by molar-refractivity contribution is 0.282. The zero-order valence-electron chi connectivity index (χ0n) is 19.0. The number of hydrogen-bond donors (Lipinski definition) is 1. The van der Waals surface area contributed by atoms with Gasteiger partial charge in [-0.3, -0.25) is 13.9 Å². The van der Waals surface area contributed by atoms with Gasteiger partial charge in [0.05, 0.1) is 10.2 Å². The van der Waals surface area contributed by atoms with E-state index < -0.39 is 11.2 Å². The van der Waals surface area contributed by atoms with Crippen LogP contribution in [0.25, 0.3) is 11.2 Å². The summed E-state index contributed by atoms with van der Waals surface area (Å²) in [5.74, 6) is 0.768. The van der Waals surface area contributed by atoms with E-state index in [0.717, 1.165) is 17.4 Å². The number of aliphatic hydroxyl groups is 1. The van der Waals surface area contributed by atoms with E-state index in [4.69, 9.17) is 26.4 Å². The van der Waals surface area contributed by atoms with E-state index in [1.807, 2.05) is 13.8 Å². The summed E-state index contributed by atoms with van der Waals surface area (Å²) in [5.41, 5.74) is 0.775. The second kappa shape index (κ2) is 11.3. The van der Waals surface area contributed by atoms with E-state index in [-0.39, 0.29) is 30.3 Å². The first kappa shape index (κ1) is 25.4. The minimum atomic E-state index is -0.466. The summed E-state index contributed by atoms with van der Waals surface area (Å²) >= 11 is 9.46. The van der Waals surface area contributed by atoms with E-state index in [0.29, 0.717) is 46.0 Å². The van der Waals surface area contributed by atoms with Crippen LogP contribution in [0, 0.1) is 5.92 Å². The van der Waals surface area contributed by atoms with Crippen LogP contribution in [-0.4, -0.2) is 30.8 Å². The molecule has 3 aromatic rings. The van der Waals surface area contributed by atoms with E-state index in [9.17, 15) is 9.59 Å². The fraction of sp³-hybridized carbons (Fsp3) is 0.478. The van der Waals surface area contributed by atoms with Gasteiger partial charge < -0.3 is 9.84 Å². The number of aryl methyl sites for hydroxylation is 1. The highest BCUT2D eigenvalue weighted by Gasteiger charge is 2.19. The summed E-state index contributed by atoms with van der Waals surface area (Å²) in [6.45, 7) is 4.65. The molecule has 178 valence electrons. The summed E-state index contributed by atoms with van der Waals surface area (Å²) in [7, 11) is 1.46. The molecular weight excluding hydrogens is 512 g/mol. The van der Waals surface area contributed by atoms with Crippen molar-refractivity contribution in [2.75, 3.05) is 6.61 Å². The third-order valence-electron chi connectivity index (χ3n) is 5.19.